The summed E-state index contributed by atoms with van der Waals surface area (Å²) in [6.45, 7) is 0. The first-order valence-electron chi connectivity index (χ1n) is 6.84. The van der Waals surface area contributed by atoms with E-state index in [1.807, 2.05) is 6.26 Å². The lowest BCUT2D eigenvalue weighted by Crippen LogP contribution is -2.49. The second-order valence-electron chi connectivity index (χ2n) is 5.09. The second kappa shape index (κ2) is 8.43. The van der Waals surface area contributed by atoms with Gasteiger partial charge in [0.15, 0.2) is 0 Å². The number of carbonyl (C=O) groups is 2. The number of carboxylic acids is 1. The van der Waals surface area contributed by atoms with Gasteiger partial charge in [-0.1, -0.05) is 19.3 Å². The van der Waals surface area contributed by atoms with Crippen molar-refractivity contribution in [3.05, 3.63) is 0 Å². The van der Waals surface area contributed by atoms with E-state index in [1.54, 1.807) is 11.8 Å². The maximum Gasteiger partial charge on any atom is 0.308 e. The van der Waals surface area contributed by atoms with Gasteiger partial charge in [0.05, 0.1) is 12.0 Å². The number of carboxylic acid groups (broad SMARTS) is 1. The molecule has 110 valence electrons. The molecule has 0 aromatic carbocycles. The number of rotatable bonds is 6. The van der Waals surface area contributed by atoms with Gasteiger partial charge in [-0.3, -0.25) is 9.59 Å². The van der Waals surface area contributed by atoms with Crippen LogP contribution in [-0.4, -0.2) is 41.1 Å². The highest BCUT2D eigenvalue weighted by atomic mass is 32.2. The van der Waals surface area contributed by atoms with Crippen molar-refractivity contribution in [2.75, 3.05) is 12.0 Å². The van der Waals surface area contributed by atoms with Crippen molar-refractivity contribution < 1.29 is 14.7 Å². The van der Waals surface area contributed by atoms with Crippen LogP contribution in [0, 0.1) is 5.92 Å². The summed E-state index contributed by atoms with van der Waals surface area (Å²) in [7, 11) is 0. The molecule has 1 saturated carbocycles. The molecule has 0 heterocycles. The number of hydrogen-bond acceptors (Lipinski definition) is 4. The van der Waals surface area contributed by atoms with Crippen molar-refractivity contribution in [2.45, 2.75) is 50.6 Å². The van der Waals surface area contributed by atoms with Gasteiger partial charge in [0.1, 0.15) is 0 Å². The Balaban J connectivity index is 2.55. The first-order valence-corrected chi connectivity index (χ1v) is 8.23. The van der Waals surface area contributed by atoms with Gasteiger partial charge in [0.2, 0.25) is 5.91 Å². The lowest BCUT2D eigenvalue weighted by atomic mass is 9.94. The van der Waals surface area contributed by atoms with E-state index in [0.29, 0.717) is 12.8 Å². The lowest BCUT2D eigenvalue weighted by molar-refractivity contribution is -0.143. The minimum atomic E-state index is -0.815. The van der Waals surface area contributed by atoms with Crippen molar-refractivity contribution in [3.63, 3.8) is 0 Å². The highest BCUT2D eigenvalue weighted by Gasteiger charge is 2.31. The normalized spacial score (nSPS) is 25.4. The molecule has 1 fully saturated rings. The van der Waals surface area contributed by atoms with E-state index >= 15 is 0 Å². The number of thioether (sulfide) groups is 1. The molecule has 0 spiro atoms. The van der Waals surface area contributed by atoms with E-state index in [9.17, 15) is 14.7 Å². The van der Waals surface area contributed by atoms with Gasteiger partial charge in [-0.25, -0.2) is 0 Å². The summed E-state index contributed by atoms with van der Waals surface area (Å²) < 4.78 is 0. The molecule has 0 aromatic heterocycles. The molecule has 0 radical (unpaired) electrons. The number of hydrogen-bond donors (Lipinski definition) is 3. The zero-order valence-electron chi connectivity index (χ0n) is 11.4. The highest BCUT2D eigenvalue weighted by molar-refractivity contribution is 7.98. The molecule has 4 N–H and O–H groups in total. The van der Waals surface area contributed by atoms with Crippen LogP contribution in [-0.2, 0) is 9.59 Å². The van der Waals surface area contributed by atoms with E-state index in [2.05, 4.69) is 5.32 Å². The van der Waals surface area contributed by atoms with Crippen LogP contribution in [0.1, 0.15) is 38.5 Å². The first-order chi connectivity index (χ1) is 9.06. The summed E-state index contributed by atoms with van der Waals surface area (Å²) >= 11 is 1.65. The fourth-order valence-corrected chi connectivity index (χ4v) is 2.93. The van der Waals surface area contributed by atoms with Crippen LogP contribution in [0.3, 0.4) is 0 Å². The predicted octanol–water partition coefficient (Wildman–Crippen LogP) is 1.22. The zero-order chi connectivity index (χ0) is 14.3. The number of amides is 1. The molecule has 0 bridgehead atoms. The van der Waals surface area contributed by atoms with E-state index in [1.165, 1.54) is 0 Å². The Kier molecular flexibility index (Phi) is 7.23. The standard InChI is InChI=1S/C13H24N2O3S/c1-19-8-7-10(14)12(16)15-11-6-4-2-3-5-9(11)13(17)18/h9-11H,2-8,14H2,1H3,(H,15,16)(H,17,18)/t9?,10-,11?/m0/s1. The van der Waals surface area contributed by atoms with Crippen LogP contribution >= 0.6 is 11.8 Å². The Labute approximate surface area is 118 Å². The molecule has 0 aliphatic heterocycles. The quantitative estimate of drug-likeness (QED) is 0.639. The second-order valence-corrected chi connectivity index (χ2v) is 6.07. The van der Waals surface area contributed by atoms with Crippen molar-refractivity contribution in [1.82, 2.24) is 5.32 Å². The maximum absolute atomic E-state index is 12.0. The summed E-state index contributed by atoms with van der Waals surface area (Å²) in [6.07, 6.45) is 6.89. The summed E-state index contributed by atoms with van der Waals surface area (Å²) in [4.78, 5) is 23.2. The van der Waals surface area contributed by atoms with Crippen molar-refractivity contribution in [3.8, 4) is 0 Å². The minimum Gasteiger partial charge on any atom is -0.481 e. The molecule has 1 rings (SSSR count). The van der Waals surface area contributed by atoms with Crippen LogP contribution in [0.2, 0.25) is 0 Å². The molecular weight excluding hydrogens is 264 g/mol. The van der Waals surface area contributed by atoms with Gasteiger partial charge < -0.3 is 16.2 Å². The fraction of sp³-hybridized carbons (Fsp3) is 0.846. The summed E-state index contributed by atoms with van der Waals surface area (Å²) in [6, 6.07) is -0.807. The minimum absolute atomic E-state index is 0.216. The van der Waals surface area contributed by atoms with Gasteiger partial charge in [0, 0.05) is 6.04 Å². The Hall–Kier alpha value is -0.750. The predicted molar refractivity (Wildman–Crippen MR) is 77.1 cm³/mol. The SMILES string of the molecule is CSCC[C@H](N)C(=O)NC1CCCCCC1C(=O)O. The van der Waals surface area contributed by atoms with Gasteiger partial charge in [-0.2, -0.15) is 11.8 Å². The molecule has 6 heteroatoms. The van der Waals surface area contributed by atoms with Crippen molar-refractivity contribution in [1.29, 1.82) is 0 Å². The smallest absolute Gasteiger partial charge is 0.308 e. The highest BCUT2D eigenvalue weighted by Crippen LogP contribution is 2.24. The van der Waals surface area contributed by atoms with Crippen LogP contribution in [0.4, 0.5) is 0 Å². The van der Waals surface area contributed by atoms with E-state index in [4.69, 9.17) is 5.73 Å². The van der Waals surface area contributed by atoms with Crippen LogP contribution in [0.15, 0.2) is 0 Å². The maximum atomic E-state index is 12.0. The van der Waals surface area contributed by atoms with E-state index in [-0.39, 0.29) is 11.9 Å². The van der Waals surface area contributed by atoms with Crippen LogP contribution < -0.4 is 11.1 Å². The van der Waals surface area contributed by atoms with Gasteiger partial charge in [-0.15, -0.1) is 0 Å². The number of nitrogens with one attached hydrogen (secondary N) is 1. The fourth-order valence-electron chi connectivity index (χ4n) is 2.44. The van der Waals surface area contributed by atoms with E-state index in [0.717, 1.165) is 31.4 Å². The van der Waals surface area contributed by atoms with Crippen molar-refractivity contribution >= 4 is 23.6 Å². The average molecular weight is 288 g/mol. The monoisotopic (exact) mass is 288 g/mol. The third-order valence-electron chi connectivity index (χ3n) is 3.63. The molecule has 1 amide bonds. The summed E-state index contributed by atoms with van der Waals surface area (Å²) in [5.41, 5.74) is 5.81. The Morgan fingerprint density at radius 1 is 1.37 bits per heavy atom. The topological polar surface area (TPSA) is 92.4 Å². The first kappa shape index (κ1) is 16.3. The average Bonchev–Trinajstić information content (AvgIpc) is 2.61. The van der Waals surface area contributed by atoms with Gasteiger partial charge in [-0.05, 0) is 31.3 Å². The number of nitrogens with two attached hydrogens (primary N) is 1. The van der Waals surface area contributed by atoms with Crippen LogP contribution in [0.25, 0.3) is 0 Å². The zero-order valence-corrected chi connectivity index (χ0v) is 12.2. The molecule has 0 aromatic rings. The Morgan fingerprint density at radius 2 is 2.05 bits per heavy atom. The largest absolute Gasteiger partial charge is 0.481 e. The number of aliphatic carboxylic acids is 1. The molecule has 1 aliphatic rings. The molecule has 19 heavy (non-hydrogen) atoms. The van der Waals surface area contributed by atoms with Gasteiger partial charge in [0.25, 0.3) is 0 Å². The summed E-state index contributed by atoms with van der Waals surface area (Å²) in [5, 5.41) is 12.1. The van der Waals surface area contributed by atoms with E-state index < -0.39 is 17.9 Å². The molecule has 0 saturated heterocycles. The Bertz CT molecular complexity index is 312. The number of carbonyl (C=O) groups excluding carboxylic acids is 1. The summed E-state index contributed by atoms with van der Waals surface area (Å²) in [5.74, 6) is -0.669. The molecular formula is C13H24N2O3S. The molecule has 3 atom stereocenters. The van der Waals surface area contributed by atoms with Crippen LogP contribution in [0.5, 0.6) is 0 Å². The molecule has 1 aliphatic carbocycles. The Morgan fingerprint density at radius 3 is 2.68 bits per heavy atom. The third-order valence-corrected chi connectivity index (χ3v) is 4.27. The third kappa shape index (κ3) is 5.40. The van der Waals surface area contributed by atoms with Crippen molar-refractivity contribution in [2.24, 2.45) is 11.7 Å². The molecule has 5 nitrogen and oxygen atoms in total. The lowest BCUT2D eigenvalue weighted by Gasteiger charge is -2.24. The van der Waals surface area contributed by atoms with Gasteiger partial charge >= 0.3 is 5.97 Å². The molecule has 2 unspecified atom stereocenters.